The van der Waals surface area contributed by atoms with Crippen molar-refractivity contribution in [2.75, 3.05) is 13.7 Å². The number of aryl methyl sites for hydroxylation is 2. The first kappa shape index (κ1) is 21.8. The van der Waals surface area contributed by atoms with Crippen LogP contribution in [0.5, 0.6) is 5.75 Å². The van der Waals surface area contributed by atoms with E-state index < -0.39 is 0 Å². The molecular weight excluding hydrogens is 398 g/mol. The van der Waals surface area contributed by atoms with Gasteiger partial charge in [-0.15, -0.1) is 21.5 Å². The Morgan fingerprint density at radius 2 is 2.00 bits per heavy atom. The van der Waals surface area contributed by atoms with Gasteiger partial charge < -0.3 is 19.9 Å². The molecule has 1 aromatic carbocycles. The number of aromatic nitrogens is 4. The molecule has 2 N–H and O–H groups in total. The molecule has 0 saturated heterocycles. The molecule has 3 rings (SSSR count). The van der Waals surface area contributed by atoms with Gasteiger partial charge in [-0.3, -0.25) is 0 Å². The lowest BCUT2D eigenvalue weighted by Gasteiger charge is -2.12. The average Bonchev–Trinajstić information content (AvgIpc) is 3.37. The zero-order chi connectivity index (χ0) is 21.3. The molecule has 3 aromatic rings. The number of hydrogen-bond donors (Lipinski definition) is 2. The third kappa shape index (κ3) is 6.03. The van der Waals surface area contributed by atoms with Crippen LogP contribution in [0, 0.1) is 6.92 Å². The second-order valence-corrected chi connectivity index (χ2v) is 8.04. The monoisotopic (exact) mass is 427 g/mol. The number of guanidine groups is 1. The molecule has 9 heteroatoms. The van der Waals surface area contributed by atoms with Gasteiger partial charge in [0.1, 0.15) is 23.1 Å². The van der Waals surface area contributed by atoms with Crippen molar-refractivity contribution < 1.29 is 4.74 Å². The number of nitrogens with zero attached hydrogens (tertiary/aromatic N) is 5. The number of methoxy groups -OCH3 is 1. The van der Waals surface area contributed by atoms with E-state index in [1.165, 1.54) is 10.4 Å². The summed E-state index contributed by atoms with van der Waals surface area (Å²) in [6.45, 7) is 5.92. The topological polar surface area (TPSA) is 89.3 Å². The van der Waals surface area contributed by atoms with Crippen molar-refractivity contribution in [3.63, 3.8) is 0 Å². The van der Waals surface area contributed by atoms with E-state index >= 15 is 0 Å². The number of ether oxygens (including phenoxy) is 1. The van der Waals surface area contributed by atoms with Crippen LogP contribution in [0.1, 0.15) is 34.0 Å². The molecule has 0 unspecified atom stereocenters. The van der Waals surface area contributed by atoms with Gasteiger partial charge in [-0.2, -0.15) is 0 Å². The number of aliphatic imine (C=N–C) groups is 1. The summed E-state index contributed by atoms with van der Waals surface area (Å²) in [5.41, 5.74) is 1.24. The van der Waals surface area contributed by atoms with E-state index in [4.69, 9.17) is 9.73 Å². The normalized spacial score (nSPS) is 11.5. The summed E-state index contributed by atoms with van der Waals surface area (Å²) in [4.78, 5) is 10.5. The lowest BCUT2D eigenvalue weighted by atomic mass is 10.1. The summed E-state index contributed by atoms with van der Waals surface area (Å²) in [5, 5.41) is 16.1. The van der Waals surface area contributed by atoms with Gasteiger partial charge in [0.05, 0.1) is 13.7 Å². The van der Waals surface area contributed by atoms with Gasteiger partial charge in [0.15, 0.2) is 11.8 Å². The first-order chi connectivity index (χ1) is 14.6. The quantitative estimate of drug-likeness (QED) is 0.403. The highest BCUT2D eigenvalue weighted by atomic mass is 32.1. The van der Waals surface area contributed by atoms with Crippen molar-refractivity contribution in [1.82, 2.24) is 30.4 Å². The number of hydrogen-bond acceptors (Lipinski definition) is 6. The summed E-state index contributed by atoms with van der Waals surface area (Å²) in [5.74, 6) is 3.30. The summed E-state index contributed by atoms with van der Waals surface area (Å²) < 4.78 is 7.17. The second-order valence-electron chi connectivity index (χ2n) is 6.84. The molecule has 0 spiro atoms. The SMILES string of the molecule is CCc1cnc(CNC(=NCc2nnc(C)n2C)NCCc2ccc(OC)cc2)s1. The van der Waals surface area contributed by atoms with Gasteiger partial charge in [-0.1, -0.05) is 19.1 Å². The highest BCUT2D eigenvalue weighted by Gasteiger charge is 2.07. The van der Waals surface area contributed by atoms with Crippen LogP contribution in [-0.4, -0.2) is 39.4 Å². The standard InChI is InChI=1S/C21H29N7OS/c1-5-18-12-23-20(30-18)14-25-21(24-13-19-27-26-15(2)28(19)3)22-11-10-16-6-8-17(29-4)9-7-16/h6-9,12H,5,10-11,13-14H2,1-4H3,(H2,22,24,25). The summed E-state index contributed by atoms with van der Waals surface area (Å²) in [7, 11) is 3.63. The van der Waals surface area contributed by atoms with Gasteiger partial charge >= 0.3 is 0 Å². The van der Waals surface area contributed by atoms with Crippen LogP contribution in [0.4, 0.5) is 0 Å². The fourth-order valence-electron chi connectivity index (χ4n) is 2.78. The Bertz CT molecular complexity index is 962. The van der Waals surface area contributed by atoms with Gasteiger partial charge in [0.25, 0.3) is 0 Å². The molecule has 0 aliphatic rings. The Labute approximate surface area is 181 Å². The fraction of sp³-hybridized carbons (Fsp3) is 0.429. The Hall–Kier alpha value is -2.94. The molecule has 0 aliphatic carbocycles. The van der Waals surface area contributed by atoms with Crippen LogP contribution in [0.3, 0.4) is 0 Å². The molecule has 0 bridgehead atoms. The molecule has 0 fully saturated rings. The predicted molar refractivity (Wildman–Crippen MR) is 120 cm³/mol. The molecule has 0 atom stereocenters. The lowest BCUT2D eigenvalue weighted by Crippen LogP contribution is -2.38. The molecule has 0 radical (unpaired) electrons. The first-order valence-corrected chi connectivity index (χ1v) is 10.8. The molecular formula is C21H29N7OS. The van der Waals surface area contributed by atoms with E-state index in [2.05, 4.69) is 44.9 Å². The number of benzene rings is 1. The van der Waals surface area contributed by atoms with Gasteiger partial charge in [0, 0.05) is 24.7 Å². The minimum absolute atomic E-state index is 0.452. The molecule has 0 saturated carbocycles. The largest absolute Gasteiger partial charge is 0.497 e. The zero-order valence-corrected chi connectivity index (χ0v) is 18.8. The van der Waals surface area contributed by atoms with E-state index in [0.717, 1.165) is 47.8 Å². The van der Waals surface area contributed by atoms with E-state index in [9.17, 15) is 0 Å². The molecule has 2 heterocycles. The van der Waals surface area contributed by atoms with Crippen LogP contribution in [-0.2, 0) is 33.0 Å². The molecule has 8 nitrogen and oxygen atoms in total. The summed E-state index contributed by atoms with van der Waals surface area (Å²) >= 11 is 1.72. The van der Waals surface area contributed by atoms with Gasteiger partial charge in [-0.25, -0.2) is 9.98 Å². The Morgan fingerprint density at radius 1 is 1.20 bits per heavy atom. The maximum absolute atomic E-state index is 5.22. The molecule has 160 valence electrons. The van der Waals surface area contributed by atoms with Crippen molar-refractivity contribution in [2.24, 2.45) is 12.0 Å². The van der Waals surface area contributed by atoms with Crippen LogP contribution in [0.25, 0.3) is 0 Å². The van der Waals surface area contributed by atoms with Crippen LogP contribution in [0.2, 0.25) is 0 Å². The third-order valence-electron chi connectivity index (χ3n) is 4.78. The maximum atomic E-state index is 5.22. The Balaban J connectivity index is 1.61. The highest BCUT2D eigenvalue weighted by Crippen LogP contribution is 2.13. The average molecular weight is 428 g/mol. The molecule has 2 aromatic heterocycles. The smallest absolute Gasteiger partial charge is 0.192 e. The van der Waals surface area contributed by atoms with Crippen molar-refractivity contribution in [3.05, 3.63) is 57.6 Å². The van der Waals surface area contributed by atoms with E-state index in [-0.39, 0.29) is 0 Å². The summed E-state index contributed by atoms with van der Waals surface area (Å²) in [6, 6.07) is 8.11. The first-order valence-electron chi connectivity index (χ1n) is 10.0. The highest BCUT2D eigenvalue weighted by molar-refractivity contribution is 7.11. The van der Waals surface area contributed by atoms with Crippen molar-refractivity contribution in [3.8, 4) is 5.75 Å². The van der Waals surface area contributed by atoms with Crippen molar-refractivity contribution in [1.29, 1.82) is 0 Å². The second kappa shape index (κ2) is 10.7. The minimum Gasteiger partial charge on any atom is -0.497 e. The minimum atomic E-state index is 0.452. The van der Waals surface area contributed by atoms with Crippen molar-refractivity contribution in [2.45, 2.75) is 39.8 Å². The molecule has 0 aliphatic heterocycles. The van der Waals surface area contributed by atoms with E-state index in [1.54, 1.807) is 18.4 Å². The number of thiazole rings is 1. The van der Waals surface area contributed by atoms with Gasteiger partial charge in [0.2, 0.25) is 0 Å². The molecule has 0 amide bonds. The summed E-state index contributed by atoms with van der Waals surface area (Å²) in [6.07, 6.45) is 3.83. The maximum Gasteiger partial charge on any atom is 0.192 e. The van der Waals surface area contributed by atoms with Crippen molar-refractivity contribution >= 4 is 17.3 Å². The van der Waals surface area contributed by atoms with Crippen LogP contribution >= 0.6 is 11.3 Å². The van der Waals surface area contributed by atoms with E-state index in [0.29, 0.717) is 13.1 Å². The Kier molecular flexibility index (Phi) is 7.78. The molecule has 30 heavy (non-hydrogen) atoms. The van der Waals surface area contributed by atoms with Crippen LogP contribution < -0.4 is 15.4 Å². The Morgan fingerprint density at radius 3 is 2.63 bits per heavy atom. The number of nitrogens with one attached hydrogen (secondary N) is 2. The zero-order valence-electron chi connectivity index (χ0n) is 18.0. The number of rotatable bonds is 9. The van der Waals surface area contributed by atoms with E-state index in [1.807, 2.05) is 36.9 Å². The predicted octanol–water partition coefficient (Wildman–Crippen LogP) is 2.63. The van der Waals surface area contributed by atoms with Gasteiger partial charge in [-0.05, 0) is 37.5 Å². The lowest BCUT2D eigenvalue weighted by molar-refractivity contribution is 0.414. The third-order valence-corrected chi connectivity index (χ3v) is 5.93. The fourth-order valence-corrected chi connectivity index (χ4v) is 3.58. The van der Waals surface area contributed by atoms with Crippen LogP contribution in [0.15, 0.2) is 35.5 Å².